The van der Waals surface area contributed by atoms with Crippen LogP contribution in [0.4, 0.5) is 17.2 Å². The number of ether oxygens (including phenoxy) is 2. The lowest BCUT2D eigenvalue weighted by Crippen LogP contribution is -2.62. The van der Waals surface area contributed by atoms with Crippen LogP contribution in [-0.4, -0.2) is 79.2 Å². The van der Waals surface area contributed by atoms with Gasteiger partial charge in [-0.3, -0.25) is 9.69 Å². The summed E-state index contributed by atoms with van der Waals surface area (Å²) in [7, 11) is 0. The summed E-state index contributed by atoms with van der Waals surface area (Å²) in [5, 5.41) is 3.58. The van der Waals surface area contributed by atoms with E-state index in [-0.39, 0.29) is 5.91 Å². The zero-order valence-electron chi connectivity index (χ0n) is 20.1. The molecule has 8 nitrogen and oxygen atoms in total. The van der Waals surface area contributed by atoms with Gasteiger partial charge in [-0.05, 0) is 55.1 Å². The number of nitrogens with one attached hydrogen (secondary N) is 1. The predicted octanol–water partition coefficient (Wildman–Crippen LogP) is 3.13. The minimum atomic E-state index is 0.0392. The lowest BCUT2D eigenvalue weighted by molar-refractivity contribution is -0.133. The Balaban J connectivity index is 1.18. The van der Waals surface area contributed by atoms with Crippen LogP contribution >= 0.6 is 0 Å². The Morgan fingerprint density at radius 3 is 2.83 bits per heavy atom. The molecular formula is C27H33N5O3. The van der Waals surface area contributed by atoms with Crippen molar-refractivity contribution in [2.24, 2.45) is 0 Å². The molecule has 184 valence electrons. The van der Waals surface area contributed by atoms with E-state index in [0.717, 1.165) is 75.3 Å². The predicted molar refractivity (Wildman–Crippen MR) is 135 cm³/mol. The standard InChI is InChI=1S/C27H33N5O3/c1-2-26(33)32-16-21(17-32)31-9-3-4-20(15-31)19-5-6-25-23(14-19)29-27-22(18-35-25)24(7-8-28-27)30-10-12-34-13-11-30/h2,5-8,14,20-21H,1,3-4,9-13,15-18H2,(H,28,29)/t20-/m1/s1. The fourth-order valence-electron chi connectivity index (χ4n) is 5.74. The van der Waals surface area contributed by atoms with Gasteiger partial charge in [-0.15, -0.1) is 0 Å². The Morgan fingerprint density at radius 2 is 2.00 bits per heavy atom. The molecule has 4 aliphatic rings. The van der Waals surface area contributed by atoms with Crippen LogP contribution in [0.5, 0.6) is 5.75 Å². The highest BCUT2D eigenvalue weighted by Gasteiger charge is 2.36. The first-order chi connectivity index (χ1) is 17.2. The first-order valence-corrected chi connectivity index (χ1v) is 12.7. The van der Waals surface area contributed by atoms with Crippen molar-refractivity contribution in [3.63, 3.8) is 0 Å². The van der Waals surface area contributed by atoms with Gasteiger partial charge < -0.3 is 24.6 Å². The number of hydrogen-bond donors (Lipinski definition) is 1. The third-order valence-corrected chi connectivity index (χ3v) is 7.80. The number of carbonyl (C=O) groups is 1. The third-order valence-electron chi connectivity index (χ3n) is 7.80. The Morgan fingerprint density at radius 1 is 1.14 bits per heavy atom. The normalized spacial score (nSPS) is 22.7. The number of anilines is 3. The van der Waals surface area contributed by atoms with Crippen molar-refractivity contribution in [1.29, 1.82) is 0 Å². The zero-order chi connectivity index (χ0) is 23.8. The van der Waals surface area contributed by atoms with Gasteiger partial charge in [0.05, 0.1) is 24.5 Å². The number of aromatic nitrogens is 1. The maximum atomic E-state index is 11.8. The van der Waals surface area contributed by atoms with Crippen molar-refractivity contribution in [2.45, 2.75) is 31.4 Å². The second kappa shape index (κ2) is 9.51. The smallest absolute Gasteiger partial charge is 0.246 e. The molecule has 1 aromatic heterocycles. The third kappa shape index (κ3) is 4.36. The first kappa shape index (κ1) is 22.4. The van der Waals surface area contributed by atoms with Gasteiger partial charge in [0.2, 0.25) is 5.91 Å². The summed E-state index contributed by atoms with van der Waals surface area (Å²) < 4.78 is 11.8. The highest BCUT2D eigenvalue weighted by Crippen LogP contribution is 2.40. The number of hydrogen-bond acceptors (Lipinski definition) is 7. The van der Waals surface area contributed by atoms with E-state index in [0.29, 0.717) is 18.6 Å². The Hall–Kier alpha value is -3.10. The molecule has 1 aromatic carbocycles. The largest absolute Gasteiger partial charge is 0.487 e. The molecule has 3 fully saturated rings. The molecule has 0 spiro atoms. The topological polar surface area (TPSA) is 70.2 Å². The molecule has 0 bridgehead atoms. The molecular weight excluding hydrogens is 442 g/mol. The maximum Gasteiger partial charge on any atom is 0.246 e. The van der Waals surface area contributed by atoms with E-state index in [1.807, 2.05) is 11.1 Å². The Kier molecular flexibility index (Phi) is 6.08. The van der Waals surface area contributed by atoms with E-state index >= 15 is 0 Å². The number of rotatable bonds is 4. The minimum Gasteiger partial charge on any atom is -0.487 e. The highest BCUT2D eigenvalue weighted by atomic mass is 16.5. The van der Waals surface area contributed by atoms with Crippen LogP contribution in [0.1, 0.15) is 29.9 Å². The van der Waals surface area contributed by atoms with Crippen molar-refractivity contribution in [2.75, 3.05) is 62.7 Å². The highest BCUT2D eigenvalue weighted by molar-refractivity contribution is 5.87. The van der Waals surface area contributed by atoms with Gasteiger partial charge in [0, 0.05) is 50.6 Å². The van der Waals surface area contributed by atoms with Crippen LogP contribution < -0.4 is 15.0 Å². The molecule has 1 N–H and O–H groups in total. The van der Waals surface area contributed by atoms with E-state index in [2.05, 4.69) is 50.9 Å². The average molecular weight is 476 g/mol. The van der Waals surface area contributed by atoms with Gasteiger partial charge in [0.1, 0.15) is 18.2 Å². The summed E-state index contributed by atoms with van der Waals surface area (Å²) in [6.07, 6.45) is 5.64. The van der Waals surface area contributed by atoms with Gasteiger partial charge in [-0.25, -0.2) is 4.98 Å². The van der Waals surface area contributed by atoms with Gasteiger partial charge >= 0.3 is 0 Å². The number of morpholine rings is 1. The number of carbonyl (C=O) groups excluding carboxylic acids is 1. The summed E-state index contributed by atoms with van der Waals surface area (Å²) >= 11 is 0. The summed E-state index contributed by atoms with van der Waals surface area (Å²) in [4.78, 5) is 23.3. The van der Waals surface area contributed by atoms with Gasteiger partial charge in [0.15, 0.2) is 0 Å². The number of pyridine rings is 1. The number of benzene rings is 1. The molecule has 6 rings (SSSR count). The second-order valence-electron chi connectivity index (χ2n) is 9.86. The van der Waals surface area contributed by atoms with Gasteiger partial charge in [-0.1, -0.05) is 12.6 Å². The fourth-order valence-corrected chi connectivity index (χ4v) is 5.74. The van der Waals surface area contributed by atoms with Crippen molar-refractivity contribution in [1.82, 2.24) is 14.8 Å². The number of piperidine rings is 1. The van der Waals surface area contributed by atoms with Gasteiger partial charge in [0.25, 0.3) is 0 Å². The molecule has 0 saturated carbocycles. The number of likely N-dealkylation sites (tertiary alicyclic amines) is 2. The van der Waals surface area contributed by atoms with E-state index in [4.69, 9.17) is 9.47 Å². The quantitative estimate of drug-likeness (QED) is 0.682. The molecule has 3 saturated heterocycles. The zero-order valence-corrected chi connectivity index (χ0v) is 20.1. The van der Waals surface area contributed by atoms with Crippen LogP contribution in [0, 0.1) is 0 Å². The van der Waals surface area contributed by atoms with E-state index in [9.17, 15) is 4.79 Å². The summed E-state index contributed by atoms with van der Waals surface area (Å²) in [5.41, 5.74) is 4.58. The lowest BCUT2D eigenvalue weighted by atomic mass is 9.88. The number of nitrogens with zero attached hydrogens (tertiary/aromatic N) is 4. The summed E-state index contributed by atoms with van der Waals surface area (Å²) in [6.45, 7) is 11.1. The summed E-state index contributed by atoms with van der Waals surface area (Å²) in [6, 6.07) is 9.10. The monoisotopic (exact) mass is 475 g/mol. The van der Waals surface area contributed by atoms with Crippen molar-refractivity contribution >= 4 is 23.1 Å². The number of amides is 1. The molecule has 1 atom stereocenters. The van der Waals surface area contributed by atoms with Crippen LogP contribution in [0.2, 0.25) is 0 Å². The molecule has 0 aliphatic carbocycles. The van der Waals surface area contributed by atoms with E-state index < -0.39 is 0 Å². The molecule has 0 radical (unpaired) electrons. The molecule has 4 aliphatic heterocycles. The Bertz CT molecular complexity index is 1110. The van der Waals surface area contributed by atoms with Crippen molar-refractivity contribution in [3.8, 4) is 5.75 Å². The summed E-state index contributed by atoms with van der Waals surface area (Å²) in [5.74, 6) is 2.24. The maximum absolute atomic E-state index is 11.8. The van der Waals surface area contributed by atoms with Crippen LogP contribution in [0.15, 0.2) is 43.1 Å². The SMILES string of the molecule is C=CC(=O)N1CC(N2CCC[C@@H](c3ccc4c(c3)Nc3nccc(N5CCOCC5)c3CO4)C2)C1. The van der Waals surface area contributed by atoms with Crippen molar-refractivity contribution in [3.05, 3.63) is 54.2 Å². The van der Waals surface area contributed by atoms with E-state index in [1.54, 1.807) is 0 Å². The molecule has 35 heavy (non-hydrogen) atoms. The molecule has 0 unspecified atom stereocenters. The molecule has 8 heteroatoms. The lowest BCUT2D eigenvalue weighted by Gasteiger charge is -2.47. The first-order valence-electron chi connectivity index (χ1n) is 12.7. The molecule has 2 aromatic rings. The van der Waals surface area contributed by atoms with Crippen LogP contribution in [0.3, 0.4) is 0 Å². The van der Waals surface area contributed by atoms with Crippen molar-refractivity contribution < 1.29 is 14.3 Å². The average Bonchev–Trinajstić information content (AvgIpc) is 3.07. The second-order valence-corrected chi connectivity index (χ2v) is 9.86. The van der Waals surface area contributed by atoms with Gasteiger partial charge in [-0.2, -0.15) is 0 Å². The molecule has 5 heterocycles. The Labute approximate surface area is 206 Å². The van der Waals surface area contributed by atoms with E-state index in [1.165, 1.54) is 30.2 Å². The number of fused-ring (bicyclic) bond motifs is 2. The fraction of sp³-hybridized carbons (Fsp3) is 0.481. The molecule has 1 amide bonds. The minimum absolute atomic E-state index is 0.0392. The van der Waals surface area contributed by atoms with Crippen LogP contribution in [-0.2, 0) is 16.1 Å². The van der Waals surface area contributed by atoms with Crippen LogP contribution in [0.25, 0.3) is 0 Å².